The molecule has 0 radical (unpaired) electrons. The Balaban J connectivity index is 1.83. The summed E-state index contributed by atoms with van der Waals surface area (Å²) in [6.07, 6.45) is 3.81. The molecule has 1 fully saturated rings. The second-order valence-corrected chi connectivity index (χ2v) is 8.54. The summed E-state index contributed by atoms with van der Waals surface area (Å²) in [6, 6.07) is 15.9. The van der Waals surface area contributed by atoms with Crippen LogP contribution in [0.2, 0.25) is 0 Å². The molecule has 3 aromatic rings. The Morgan fingerprint density at radius 2 is 1.97 bits per heavy atom. The van der Waals surface area contributed by atoms with Crippen molar-refractivity contribution in [2.24, 2.45) is 0 Å². The van der Waals surface area contributed by atoms with Gasteiger partial charge in [-0.1, -0.05) is 42.2 Å². The first-order valence-electron chi connectivity index (χ1n) is 9.58. The number of rotatable bonds is 5. The van der Waals surface area contributed by atoms with Gasteiger partial charge in [0.15, 0.2) is 0 Å². The summed E-state index contributed by atoms with van der Waals surface area (Å²) >= 11 is 6.58. The van der Waals surface area contributed by atoms with Crippen LogP contribution < -0.4 is 4.74 Å². The second kappa shape index (κ2) is 8.45. The van der Waals surface area contributed by atoms with Crippen LogP contribution in [0.5, 0.6) is 5.75 Å². The minimum Gasteiger partial charge on any atom is -0.494 e. The number of aromatic nitrogens is 2. The highest BCUT2D eigenvalue weighted by Gasteiger charge is 2.29. The maximum atomic E-state index is 12.5. The van der Waals surface area contributed by atoms with Crippen molar-refractivity contribution in [3.05, 3.63) is 70.8 Å². The number of ether oxygens (including phenoxy) is 1. The first-order valence-corrected chi connectivity index (χ1v) is 10.8. The van der Waals surface area contributed by atoms with E-state index >= 15 is 0 Å². The minimum absolute atomic E-state index is 0.0914. The highest BCUT2D eigenvalue weighted by atomic mass is 32.2. The molecule has 0 bridgehead atoms. The van der Waals surface area contributed by atoms with E-state index in [1.54, 1.807) is 7.05 Å². The zero-order chi connectivity index (χ0) is 21.3. The summed E-state index contributed by atoms with van der Waals surface area (Å²) in [7, 11) is 1.70. The molecule has 1 saturated heterocycles. The zero-order valence-electron chi connectivity index (χ0n) is 17.0. The van der Waals surface area contributed by atoms with Crippen molar-refractivity contribution < 1.29 is 9.53 Å². The summed E-state index contributed by atoms with van der Waals surface area (Å²) in [5, 5.41) is 4.84. The molecule has 1 aliphatic heterocycles. The summed E-state index contributed by atoms with van der Waals surface area (Å²) in [4.78, 5) is 14.6. The number of carbonyl (C=O) groups is 1. The van der Waals surface area contributed by atoms with E-state index in [1.165, 1.54) is 16.7 Å². The van der Waals surface area contributed by atoms with Gasteiger partial charge in [-0.25, -0.2) is 4.68 Å². The third kappa shape index (κ3) is 3.91. The number of para-hydroxylation sites is 1. The Kier molecular flexibility index (Phi) is 5.74. The number of benzene rings is 2. The molecular weight excluding hydrogens is 414 g/mol. The van der Waals surface area contributed by atoms with E-state index < -0.39 is 0 Å². The van der Waals surface area contributed by atoms with Gasteiger partial charge in [-0.15, -0.1) is 0 Å². The van der Waals surface area contributed by atoms with Crippen molar-refractivity contribution in [3.63, 3.8) is 0 Å². The SMILES string of the molecule is CCOc1ccc(-c2nn(-c3ccccc3)cc2/C=C2/SC(=S)N(C)C2=O)cc1C. The predicted molar refractivity (Wildman–Crippen MR) is 126 cm³/mol. The number of likely N-dealkylation sites (N-methyl/N-ethyl adjacent to an activating group) is 1. The van der Waals surface area contributed by atoms with Gasteiger partial charge in [0.2, 0.25) is 0 Å². The van der Waals surface area contributed by atoms with Gasteiger partial charge < -0.3 is 4.74 Å². The van der Waals surface area contributed by atoms with Crippen LogP contribution in [0.1, 0.15) is 18.1 Å². The van der Waals surface area contributed by atoms with E-state index in [-0.39, 0.29) is 5.91 Å². The molecule has 2 aromatic carbocycles. The average Bonchev–Trinajstić information content (AvgIpc) is 3.27. The number of hydrogen-bond acceptors (Lipinski definition) is 5. The first kappa shape index (κ1) is 20.4. The largest absolute Gasteiger partial charge is 0.494 e. The van der Waals surface area contributed by atoms with Crippen molar-refractivity contribution in [3.8, 4) is 22.7 Å². The summed E-state index contributed by atoms with van der Waals surface area (Å²) in [6.45, 7) is 4.61. The van der Waals surface area contributed by atoms with Crippen LogP contribution in [0.25, 0.3) is 23.0 Å². The average molecular weight is 436 g/mol. The zero-order valence-corrected chi connectivity index (χ0v) is 18.6. The Bertz CT molecular complexity index is 1150. The molecule has 1 amide bonds. The van der Waals surface area contributed by atoms with Gasteiger partial charge in [-0.2, -0.15) is 5.10 Å². The third-order valence-corrected chi connectivity index (χ3v) is 6.27. The summed E-state index contributed by atoms with van der Waals surface area (Å²) in [5.41, 5.74) is 4.60. The molecule has 0 atom stereocenters. The molecule has 0 unspecified atom stereocenters. The van der Waals surface area contributed by atoms with Gasteiger partial charge in [0.05, 0.1) is 17.2 Å². The molecule has 1 aromatic heterocycles. The lowest BCUT2D eigenvalue weighted by Gasteiger charge is -2.08. The van der Waals surface area contributed by atoms with Gasteiger partial charge in [0, 0.05) is 24.4 Å². The maximum Gasteiger partial charge on any atom is 0.265 e. The molecule has 4 rings (SSSR count). The number of amides is 1. The number of thioether (sulfide) groups is 1. The van der Waals surface area contributed by atoms with Crippen molar-refractivity contribution in [1.29, 1.82) is 0 Å². The summed E-state index contributed by atoms with van der Waals surface area (Å²) in [5.74, 6) is 0.767. The van der Waals surface area contributed by atoms with Gasteiger partial charge in [-0.3, -0.25) is 9.69 Å². The quantitative estimate of drug-likeness (QED) is 0.413. The molecule has 5 nitrogen and oxygen atoms in total. The van der Waals surface area contributed by atoms with Crippen LogP contribution in [0.15, 0.2) is 59.6 Å². The molecule has 7 heteroatoms. The fourth-order valence-corrected chi connectivity index (χ4v) is 4.40. The highest BCUT2D eigenvalue weighted by molar-refractivity contribution is 8.26. The van der Waals surface area contributed by atoms with Gasteiger partial charge >= 0.3 is 0 Å². The highest BCUT2D eigenvalue weighted by Crippen LogP contribution is 2.35. The fourth-order valence-electron chi connectivity index (χ4n) is 3.23. The van der Waals surface area contributed by atoms with Crippen LogP contribution in [0.3, 0.4) is 0 Å². The number of hydrogen-bond donors (Lipinski definition) is 0. The number of thiocarbonyl (C=S) groups is 1. The predicted octanol–water partition coefficient (Wildman–Crippen LogP) is 5.08. The van der Waals surface area contributed by atoms with Crippen LogP contribution in [0, 0.1) is 6.92 Å². The van der Waals surface area contributed by atoms with Crippen LogP contribution in [0.4, 0.5) is 0 Å². The van der Waals surface area contributed by atoms with E-state index in [0.29, 0.717) is 15.8 Å². The van der Waals surface area contributed by atoms with Crippen LogP contribution >= 0.6 is 24.0 Å². The molecule has 0 aliphatic carbocycles. The van der Waals surface area contributed by atoms with Crippen molar-refractivity contribution in [2.45, 2.75) is 13.8 Å². The second-order valence-electron chi connectivity index (χ2n) is 6.87. The monoisotopic (exact) mass is 435 g/mol. The van der Waals surface area contributed by atoms with E-state index in [4.69, 9.17) is 22.1 Å². The Labute approximate surface area is 185 Å². The molecule has 0 saturated carbocycles. The van der Waals surface area contributed by atoms with Crippen LogP contribution in [-0.2, 0) is 4.79 Å². The van der Waals surface area contributed by atoms with E-state index in [1.807, 2.05) is 73.3 Å². The van der Waals surface area contributed by atoms with Gasteiger partial charge in [0.25, 0.3) is 5.91 Å². The Morgan fingerprint density at radius 3 is 2.60 bits per heavy atom. The van der Waals surface area contributed by atoms with E-state index in [0.717, 1.165) is 33.8 Å². The minimum atomic E-state index is -0.0914. The molecule has 1 aliphatic rings. The Hall–Kier alpha value is -2.90. The molecule has 0 spiro atoms. The lowest BCUT2D eigenvalue weighted by molar-refractivity contribution is -0.121. The standard InChI is InChI=1S/C23H21N3O2S2/c1-4-28-19-11-10-16(12-15(19)2)21-17(13-20-22(27)25(3)23(29)30-20)14-26(24-21)18-8-6-5-7-9-18/h5-14H,4H2,1-3H3/b20-13+. The topological polar surface area (TPSA) is 47.4 Å². The number of carbonyl (C=O) groups excluding carboxylic acids is 1. The van der Waals surface area contributed by atoms with Crippen LogP contribution in [-0.4, -0.2) is 38.6 Å². The molecule has 152 valence electrons. The first-order chi connectivity index (χ1) is 14.5. The van der Waals surface area contributed by atoms with Gasteiger partial charge in [0.1, 0.15) is 15.8 Å². The lowest BCUT2D eigenvalue weighted by atomic mass is 10.0. The molecule has 2 heterocycles. The number of aryl methyl sites for hydroxylation is 1. The maximum absolute atomic E-state index is 12.5. The fraction of sp³-hybridized carbons (Fsp3) is 0.174. The normalized spacial score (nSPS) is 15.3. The van der Waals surface area contributed by atoms with E-state index in [9.17, 15) is 4.79 Å². The number of nitrogens with zero attached hydrogens (tertiary/aromatic N) is 3. The molecular formula is C23H21N3O2S2. The molecule has 30 heavy (non-hydrogen) atoms. The lowest BCUT2D eigenvalue weighted by Crippen LogP contribution is -2.22. The van der Waals surface area contributed by atoms with Crippen molar-refractivity contribution in [2.75, 3.05) is 13.7 Å². The third-order valence-electron chi connectivity index (χ3n) is 4.78. The van der Waals surface area contributed by atoms with Crippen molar-refractivity contribution in [1.82, 2.24) is 14.7 Å². The van der Waals surface area contributed by atoms with Crippen molar-refractivity contribution >= 4 is 40.3 Å². The molecule has 0 N–H and O–H groups in total. The smallest absolute Gasteiger partial charge is 0.265 e. The Morgan fingerprint density at radius 1 is 1.20 bits per heavy atom. The van der Waals surface area contributed by atoms with Gasteiger partial charge in [-0.05, 0) is 55.8 Å². The van der Waals surface area contributed by atoms with E-state index in [2.05, 4.69) is 6.07 Å². The summed E-state index contributed by atoms with van der Waals surface area (Å²) < 4.78 is 8.06.